The van der Waals surface area contributed by atoms with Crippen molar-refractivity contribution in [1.82, 2.24) is 19.8 Å². The summed E-state index contributed by atoms with van der Waals surface area (Å²) in [5.41, 5.74) is 1.01. The minimum absolute atomic E-state index is 0.113. The lowest BCUT2D eigenvalue weighted by Crippen LogP contribution is -2.38. The first-order valence-electron chi connectivity index (χ1n) is 12.9. The van der Waals surface area contributed by atoms with Crippen molar-refractivity contribution in [3.8, 4) is 0 Å². The molecule has 38 heavy (non-hydrogen) atoms. The first kappa shape index (κ1) is 26.1. The van der Waals surface area contributed by atoms with Gasteiger partial charge in [-0.3, -0.25) is 14.4 Å². The van der Waals surface area contributed by atoms with Crippen LogP contribution in [0.4, 0.5) is 11.5 Å². The monoisotopic (exact) mass is 538 g/mol. The largest absolute Gasteiger partial charge is 0.447 e. The van der Waals surface area contributed by atoms with Crippen molar-refractivity contribution in [2.24, 2.45) is 5.92 Å². The summed E-state index contributed by atoms with van der Waals surface area (Å²) in [6.45, 7) is 2.29. The highest BCUT2D eigenvalue weighted by molar-refractivity contribution is 6.30. The van der Waals surface area contributed by atoms with Gasteiger partial charge in [-0.2, -0.15) is 0 Å². The normalized spacial score (nSPS) is 19.9. The SMILES string of the molecule is CN(C)C(=O)c1cnc2c(NC(=O)C3CCC(N4CCCC4)CC3)c(C(=O)Nc3ccc(Cl)cn3)oc2c1. The molecule has 0 aromatic carbocycles. The van der Waals surface area contributed by atoms with E-state index in [0.29, 0.717) is 22.1 Å². The molecule has 11 heteroatoms. The number of aromatic nitrogens is 2. The number of pyridine rings is 2. The second kappa shape index (κ2) is 11.1. The van der Waals surface area contributed by atoms with Crippen molar-refractivity contribution in [2.75, 3.05) is 37.8 Å². The molecule has 1 saturated heterocycles. The van der Waals surface area contributed by atoms with Gasteiger partial charge in [0.05, 0.1) is 10.6 Å². The topological polar surface area (TPSA) is 121 Å². The van der Waals surface area contributed by atoms with Gasteiger partial charge in [0, 0.05) is 38.4 Å². The average molecular weight is 539 g/mol. The summed E-state index contributed by atoms with van der Waals surface area (Å²) in [4.78, 5) is 51.5. The first-order chi connectivity index (χ1) is 18.3. The quantitative estimate of drug-likeness (QED) is 0.476. The molecule has 0 spiro atoms. The Labute approximate surface area is 225 Å². The number of hydrogen-bond acceptors (Lipinski definition) is 7. The Morgan fingerprint density at radius 2 is 1.76 bits per heavy atom. The number of rotatable bonds is 6. The molecule has 4 heterocycles. The molecular formula is C27H31ClN6O4. The zero-order chi connectivity index (χ0) is 26.8. The molecule has 3 amide bonds. The number of amides is 3. The van der Waals surface area contributed by atoms with E-state index in [0.717, 1.165) is 38.8 Å². The Hall–Kier alpha value is -3.50. The van der Waals surface area contributed by atoms with Crippen LogP contribution in [0.1, 0.15) is 59.4 Å². The first-order valence-corrected chi connectivity index (χ1v) is 13.3. The maximum Gasteiger partial charge on any atom is 0.294 e. The number of fused-ring (bicyclic) bond motifs is 1. The summed E-state index contributed by atoms with van der Waals surface area (Å²) in [5.74, 6) is -1.03. The van der Waals surface area contributed by atoms with Gasteiger partial charge in [0.1, 0.15) is 17.0 Å². The predicted molar refractivity (Wildman–Crippen MR) is 144 cm³/mol. The number of furan rings is 1. The average Bonchev–Trinajstić information content (AvgIpc) is 3.58. The zero-order valence-corrected chi connectivity index (χ0v) is 22.3. The van der Waals surface area contributed by atoms with Gasteiger partial charge in [0.25, 0.3) is 11.8 Å². The molecule has 0 atom stereocenters. The van der Waals surface area contributed by atoms with E-state index < -0.39 is 5.91 Å². The molecule has 0 bridgehead atoms. The number of carbonyl (C=O) groups excluding carboxylic acids is 3. The van der Waals surface area contributed by atoms with Crippen LogP contribution in [0.25, 0.3) is 11.1 Å². The molecule has 10 nitrogen and oxygen atoms in total. The highest BCUT2D eigenvalue weighted by Gasteiger charge is 2.32. The van der Waals surface area contributed by atoms with E-state index in [1.54, 1.807) is 26.2 Å². The van der Waals surface area contributed by atoms with Crippen molar-refractivity contribution in [1.29, 1.82) is 0 Å². The van der Waals surface area contributed by atoms with Gasteiger partial charge in [0.15, 0.2) is 5.58 Å². The Bertz CT molecular complexity index is 1340. The van der Waals surface area contributed by atoms with Crippen LogP contribution in [-0.4, -0.2) is 70.7 Å². The summed E-state index contributed by atoms with van der Waals surface area (Å²) >= 11 is 5.90. The molecule has 5 rings (SSSR count). The second-order valence-electron chi connectivity index (χ2n) is 10.1. The molecule has 2 N–H and O–H groups in total. The molecule has 1 aliphatic carbocycles. The van der Waals surface area contributed by atoms with Crippen molar-refractivity contribution in [2.45, 2.75) is 44.6 Å². The second-order valence-corrected chi connectivity index (χ2v) is 10.6. The fourth-order valence-corrected chi connectivity index (χ4v) is 5.40. The third-order valence-corrected chi connectivity index (χ3v) is 7.55. The lowest BCUT2D eigenvalue weighted by atomic mass is 9.85. The van der Waals surface area contributed by atoms with Crippen LogP contribution < -0.4 is 10.6 Å². The van der Waals surface area contributed by atoms with Gasteiger partial charge in [-0.05, 0) is 69.8 Å². The summed E-state index contributed by atoms with van der Waals surface area (Å²) < 4.78 is 5.88. The van der Waals surface area contributed by atoms with Crippen LogP contribution in [0, 0.1) is 5.92 Å². The summed E-state index contributed by atoms with van der Waals surface area (Å²) in [5, 5.41) is 6.03. The number of carbonyl (C=O) groups is 3. The van der Waals surface area contributed by atoms with Gasteiger partial charge in [-0.25, -0.2) is 9.97 Å². The van der Waals surface area contributed by atoms with E-state index in [4.69, 9.17) is 16.0 Å². The number of halogens is 1. The van der Waals surface area contributed by atoms with Crippen LogP contribution in [0.2, 0.25) is 5.02 Å². The highest BCUT2D eigenvalue weighted by Crippen LogP contribution is 2.34. The summed E-state index contributed by atoms with van der Waals surface area (Å²) in [6.07, 6.45) is 8.86. The maximum atomic E-state index is 13.4. The van der Waals surface area contributed by atoms with Crippen molar-refractivity contribution < 1.29 is 18.8 Å². The molecular weight excluding hydrogens is 508 g/mol. The van der Waals surface area contributed by atoms with Gasteiger partial charge in [-0.1, -0.05) is 11.6 Å². The molecule has 200 valence electrons. The number of nitrogens with one attached hydrogen (secondary N) is 2. The summed E-state index contributed by atoms with van der Waals surface area (Å²) in [7, 11) is 3.27. The fourth-order valence-electron chi connectivity index (χ4n) is 5.29. The van der Waals surface area contributed by atoms with Crippen molar-refractivity contribution in [3.05, 3.63) is 46.9 Å². The van der Waals surface area contributed by atoms with E-state index in [1.165, 1.54) is 36.2 Å². The van der Waals surface area contributed by atoms with Gasteiger partial charge < -0.3 is 24.9 Å². The smallest absolute Gasteiger partial charge is 0.294 e. The third kappa shape index (κ3) is 5.51. The van der Waals surface area contributed by atoms with E-state index in [9.17, 15) is 14.4 Å². The van der Waals surface area contributed by atoms with Gasteiger partial charge >= 0.3 is 0 Å². The van der Waals surface area contributed by atoms with Crippen molar-refractivity contribution in [3.63, 3.8) is 0 Å². The number of likely N-dealkylation sites (tertiary alicyclic amines) is 1. The lowest BCUT2D eigenvalue weighted by molar-refractivity contribution is -0.121. The molecule has 0 unspecified atom stereocenters. The van der Waals surface area contributed by atoms with Crippen LogP contribution in [-0.2, 0) is 4.79 Å². The third-order valence-electron chi connectivity index (χ3n) is 7.33. The van der Waals surface area contributed by atoms with E-state index >= 15 is 0 Å². The summed E-state index contributed by atoms with van der Waals surface area (Å²) in [6, 6.07) is 5.23. The number of nitrogens with zero attached hydrogens (tertiary/aromatic N) is 4. The Balaban J connectivity index is 1.40. The van der Waals surface area contributed by atoms with Crippen LogP contribution >= 0.6 is 11.6 Å². The van der Waals surface area contributed by atoms with Crippen LogP contribution in [0.5, 0.6) is 0 Å². The standard InChI is InChI=1S/C27H31ClN6O4/c1-33(2)27(37)17-13-20-22(30-14-17)23(24(38-20)26(36)31-21-10-7-18(28)15-29-21)32-25(35)16-5-8-19(9-6-16)34-11-3-4-12-34/h7,10,13-16,19H,3-6,8-9,11-12H2,1-2H3,(H,32,35)(H,29,31,36). The Morgan fingerprint density at radius 1 is 1.03 bits per heavy atom. The molecule has 0 radical (unpaired) electrons. The molecule has 3 aromatic heterocycles. The molecule has 1 saturated carbocycles. The molecule has 2 fully saturated rings. The van der Waals surface area contributed by atoms with Gasteiger partial charge in [-0.15, -0.1) is 0 Å². The molecule has 1 aliphatic heterocycles. The van der Waals surface area contributed by atoms with E-state index in [1.807, 2.05) is 0 Å². The lowest BCUT2D eigenvalue weighted by Gasteiger charge is -2.33. The number of anilines is 2. The van der Waals surface area contributed by atoms with Gasteiger partial charge in [0.2, 0.25) is 11.7 Å². The van der Waals surface area contributed by atoms with Crippen molar-refractivity contribution >= 4 is 51.9 Å². The van der Waals surface area contributed by atoms with Crippen LogP contribution in [0.3, 0.4) is 0 Å². The zero-order valence-electron chi connectivity index (χ0n) is 21.5. The van der Waals surface area contributed by atoms with Crippen LogP contribution in [0.15, 0.2) is 35.0 Å². The number of hydrogen-bond donors (Lipinski definition) is 2. The minimum Gasteiger partial charge on any atom is -0.447 e. The predicted octanol–water partition coefficient (Wildman–Crippen LogP) is 4.42. The Morgan fingerprint density at radius 3 is 2.42 bits per heavy atom. The molecule has 2 aliphatic rings. The fraction of sp³-hybridized carbons (Fsp3) is 0.444. The van der Waals surface area contributed by atoms with E-state index in [-0.39, 0.29) is 40.6 Å². The highest BCUT2D eigenvalue weighted by atomic mass is 35.5. The van der Waals surface area contributed by atoms with E-state index in [2.05, 4.69) is 25.5 Å². The minimum atomic E-state index is -0.605. The Kier molecular flexibility index (Phi) is 7.62. The molecule has 3 aromatic rings. The maximum absolute atomic E-state index is 13.4.